The Labute approximate surface area is 126 Å². The highest BCUT2D eigenvalue weighted by Crippen LogP contribution is 2.17. The van der Waals surface area contributed by atoms with E-state index in [0.29, 0.717) is 22.6 Å². The Kier molecular flexibility index (Phi) is 3.70. The summed E-state index contributed by atoms with van der Waals surface area (Å²) in [5.74, 6) is -0.648. The Morgan fingerprint density at radius 2 is 1.64 bits per heavy atom. The number of anilines is 1. The molecule has 5 heteroatoms. The molecule has 0 unspecified atom stereocenters. The smallest absolute Gasteiger partial charge is 0.125 e. The number of pyridine rings is 1. The van der Waals surface area contributed by atoms with Gasteiger partial charge in [0.15, 0.2) is 0 Å². The maximum absolute atomic E-state index is 13.2. The first-order valence-corrected chi connectivity index (χ1v) is 6.66. The van der Waals surface area contributed by atoms with Gasteiger partial charge in [0.1, 0.15) is 11.6 Å². The minimum atomic E-state index is -0.343. The van der Waals surface area contributed by atoms with Crippen LogP contribution in [0.5, 0.6) is 0 Å². The summed E-state index contributed by atoms with van der Waals surface area (Å²) in [5.41, 5.74) is 8.15. The summed E-state index contributed by atoms with van der Waals surface area (Å²) in [4.78, 5) is 4.33. The molecule has 0 bridgehead atoms. The van der Waals surface area contributed by atoms with E-state index in [-0.39, 0.29) is 11.6 Å². The molecule has 1 heterocycles. The number of hydrogen-bond acceptors (Lipinski definition) is 3. The first-order chi connectivity index (χ1) is 10.6. The van der Waals surface area contributed by atoms with Gasteiger partial charge in [-0.15, -0.1) is 0 Å². The molecule has 0 aliphatic heterocycles. The molecule has 0 aliphatic carbocycles. The van der Waals surface area contributed by atoms with Gasteiger partial charge in [0.05, 0.1) is 16.9 Å². The first-order valence-electron chi connectivity index (χ1n) is 6.66. The van der Waals surface area contributed by atoms with Crippen LogP contribution in [0.4, 0.5) is 14.5 Å². The third-order valence-electron chi connectivity index (χ3n) is 3.19. The average Bonchev–Trinajstić information content (AvgIpc) is 2.53. The Bertz CT molecular complexity index is 842. The number of hydrogen-bond donors (Lipinski definition) is 2. The number of nitrogens with zero attached hydrogens (tertiary/aromatic N) is 1. The van der Waals surface area contributed by atoms with Crippen LogP contribution in [0.15, 0.2) is 60.8 Å². The lowest BCUT2D eigenvalue weighted by Gasteiger charge is -2.05. The molecule has 0 atom stereocenters. The van der Waals surface area contributed by atoms with Gasteiger partial charge in [-0.05, 0) is 42.5 Å². The van der Waals surface area contributed by atoms with Crippen LogP contribution in [0.1, 0.15) is 5.69 Å². The monoisotopic (exact) mass is 297 g/mol. The van der Waals surface area contributed by atoms with Crippen molar-refractivity contribution in [3.05, 3.63) is 78.1 Å². The van der Waals surface area contributed by atoms with Crippen LogP contribution in [-0.2, 0) is 0 Å². The van der Waals surface area contributed by atoms with Crippen molar-refractivity contribution < 1.29 is 8.78 Å². The van der Waals surface area contributed by atoms with Crippen LogP contribution >= 0.6 is 0 Å². The van der Waals surface area contributed by atoms with Crippen molar-refractivity contribution in [2.75, 3.05) is 5.32 Å². The van der Waals surface area contributed by atoms with Gasteiger partial charge in [-0.2, -0.15) is 0 Å². The fraction of sp³-hybridized carbons (Fsp3) is 0. The second-order valence-electron chi connectivity index (χ2n) is 4.78. The Morgan fingerprint density at radius 1 is 0.955 bits per heavy atom. The molecule has 3 aromatic rings. The van der Waals surface area contributed by atoms with Gasteiger partial charge in [-0.3, -0.25) is 0 Å². The average molecular weight is 297 g/mol. The normalized spacial score (nSPS) is 11.6. The number of nitrogens with one attached hydrogen (secondary N) is 1. The zero-order valence-corrected chi connectivity index (χ0v) is 11.6. The van der Waals surface area contributed by atoms with Crippen molar-refractivity contribution in [3.63, 3.8) is 0 Å². The molecule has 3 rings (SSSR count). The summed E-state index contributed by atoms with van der Waals surface area (Å²) in [6.07, 6.45) is 1.57. The number of fused-ring (bicyclic) bond motifs is 1. The maximum atomic E-state index is 13.2. The highest BCUT2D eigenvalue weighted by molar-refractivity contribution is 5.80. The molecule has 22 heavy (non-hydrogen) atoms. The van der Waals surface area contributed by atoms with Crippen molar-refractivity contribution >= 4 is 22.3 Å². The van der Waals surface area contributed by atoms with Gasteiger partial charge >= 0.3 is 0 Å². The van der Waals surface area contributed by atoms with E-state index in [4.69, 9.17) is 5.73 Å². The lowest BCUT2D eigenvalue weighted by molar-refractivity contribution is 0.628. The zero-order valence-electron chi connectivity index (χ0n) is 11.6. The number of aromatic nitrogens is 1. The first kappa shape index (κ1) is 14.0. The van der Waals surface area contributed by atoms with Crippen molar-refractivity contribution in [2.24, 2.45) is 5.73 Å². The Hall–Kier alpha value is -2.95. The van der Waals surface area contributed by atoms with Gasteiger partial charge < -0.3 is 11.1 Å². The van der Waals surface area contributed by atoms with Crippen LogP contribution in [0.25, 0.3) is 16.6 Å². The van der Waals surface area contributed by atoms with Crippen LogP contribution in [0.2, 0.25) is 0 Å². The SMILES string of the molecule is N/C(=C\Nc1ccc(F)cc1)c1ccc2ccc(F)cc2n1. The largest absolute Gasteiger partial charge is 0.396 e. The molecule has 1 aromatic heterocycles. The standard InChI is InChI=1S/C17H13F2N3/c18-12-4-6-14(7-5-12)21-10-15(20)16-8-2-11-1-3-13(19)9-17(11)22-16/h1-10,21H,20H2/b15-10-. The zero-order chi connectivity index (χ0) is 15.5. The molecule has 0 radical (unpaired) electrons. The van der Waals surface area contributed by atoms with Crippen LogP contribution in [0, 0.1) is 11.6 Å². The van der Waals surface area contributed by atoms with E-state index in [1.165, 1.54) is 24.3 Å². The third kappa shape index (κ3) is 3.03. The van der Waals surface area contributed by atoms with E-state index >= 15 is 0 Å². The minimum absolute atomic E-state index is 0.305. The van der Waals surface area contributed by atoms with E-state index in [0.717, 1.165) is 5.39 Å². The fourth-order valence-corrected chi connectivity index (χ4v) is 2.03. The molecular weight excluding hydrogens is 284 g/mol. The number of halogens is 2. The van der Waals surface area contributed by atoms with Crippen LogP contribution in [0.3, 0.4) is 0 Å². The molecule has 0 aliphatic rings. The van der Waals surface area contributed by atoms with Gasteiger partial charge in [0.25, 0.3) is 0 Å². The van der Waals surface area contributed by atoms with Gasteiger partial charge in [-0.1, -0.05) is 6.07 Å². The van der Waals surface area contributed by atoms with E-state index < -0.39 is 0 Å². The number of benzene rings is 2. The van der Waals surface area contributed by atoms with Gasteiger partial charge in [0.2, 0.25) is 0 Å². The summed E-state index contributed by atoms with van der Waals surface area (Å²) in [7, 11) is 0. The minimum Gasteiger partial charge on any atom is -0.396 e. The number of rotatable bonds is 3. The second kappa shape index (κ2) is 5.81. The fourth-order valence-electron chi connectivity index (χ4n) is 2.03. The molecule has 2 aromatic carbocycles. The molecule has 3 nitrogen and oxygen atoms in total. The summed E-state index contributed by atoms with van der Waals surface area (Å²) >= 11 is 0. The quantitative estimate of drug-likeness (QED) is 0.771. The van der Waals surface area contributed by atoms with Crippen LogP contribution in [-0.4, -0.2) is 4.98 Å². The van der Waals surface area contributed by atoms with E-state index in [2.05, 4.69) is 10.3 Å². The Morgan fingerprint density at radius 3 is 2.41 bits per heavy atom. The second-order valence-corrected chi connectivity index (χ2v) is 4.78. The third-order valence-corrected chi connectivity index (χ3v) is 3.19. The van der Waals surface area contributed by atoms with E-state index in [1.54, 1.807) is 30.5 Å². The summed E-state index contributed by atoms with van der Waals surface area (Å²) in [6.45, 7) is 0. The molecule has 0 saturated heterocycles. The summed E-state index contributed by atoms with van der Waals surface area (Å²) in [6, 6.07) is 13.9. The molecular formula is C17H13F2N3. The van der Waals surface area contributed by atoms with E-state index in [1.807, 2.05) is 6.07 Å². The highest BCUT2D eigenvalue weighted by atomic mass is 19.1. The lowest BCUT2D eigenvalue weighted by atomic mass is 10.2. The highest BCUT2D eigenvalue weighted by Gasteiger charge is 2.02. The Balaban J connectivity index is 1.85. The number of nitrogens with two attached hydrogens (primary N) is 1. The predicted octanol–water partition coefficient (Wildman–Crippen LogP) is 3.88. The lowest BCUT2D eigenvalue weighted by Crippen LogP contribution is -2.02. The molecule has 0 amide bonds. The molecule has 110 valence electrons. The van der Waals surface area contributed by atoms with Crippen molar-refractivity contribution in [1.29, 1.82) is 0 Å². The van der Waals surface area contributed by atoms with Crippen molar-refractivity contribution in [3.8, 4) is 0 Å². The topological polar surface area (TPSA) is 50.9 Å². The van der Waals surface area contributed by atoms with E-state index in [9.17, 15) is 8.78 Å². The predicted molar refractivity (Wildman–Crippen MR) is 83.9 cm³/mol. The van der Waals surface area contributed by atoms with Crippen LogP contribution < -0.4 is 11.1 Å². The van der Waals surface area contributed by atoms with Crippen molar-refractivity contribution in [2.45, 2.75) is 0 Å². The molecule has 0 saturated carbocycles. The van der Waals surface area contributed by atoms with Crippen molar-refractivity contribution in [1.82, 2.24) is 4.98 Å². The summed E-state index contributed by atoms with van der Waals surface area (Å²) in [5, 5.41) is 3.80. The molecule has 0 fully saturated rings. The van der Waals surface area contributed by atoms with Gasteiger partial charge in [-0.25, -0.2) is 13.8 Å². The maximum Gasteiger partial charge on any atom is 0.125 e. The molecule has 3 N–H and O–H groups in total. The van der Waals surface area contributed by atoms with Gasteiger partial charge in [0, 0.05) is 23.3 Å². The molecule has 0 spiro atoms. The summed E-state index contributed by atoms with van der Waals surface area (Å²) < 4.78 is 26.1.